The molecule has 4 heterocycles. The molecule has 13 fully saturated rings. The van der Waals surface area contributed by atoms with Crippen LogP contribution in [0.5, 0.6) is 0 Å². The first kappa shape index (κ1) is 47.5. The molecular formula is C62H106N6. The first-order valence-corrected chi connectivity index (χ1v) is 32.3. The van der Waals surface area contributed by atoms with Gasteiger partial charge >= 0.3 is 0 Å². The van der Waals surface area contributed by atoms with Gasteiger partial charge in [-0.2, -0.15) is 0 Å². The first-order chi connectivity index (χ1) is 33.7. The highest BCUT2D eigenvalue weighted by atomic mass is 15.3. The Labute approximate surface area is 418 Å². The normalized spacial score (nSPS) is 50.5. The van der Waals surface area contributed by atoms with Gasteiger partial charge in [-0.25, -0.2) is 0 Å². The van der Waals surface area contributed by atoms with E-state index < -0.39 is 0 Å². The zero-order chi connectivity index (χ0) is 45.0. The Hall–Kier alpha value is -0.240. The summed E-state index contributed by atoms with van der Waals surface area (Å²) in [5.41, 5.74) is 0. The maximum absolute atomic E-state index is 4.25. The second-order valence-corrected chi connectivity index (χ2v) is 28.1. The number of hydrogen-bond acceptors (Lipinski definition) is 6. The van der Waals surface area contributed by atoms with Gasteiger partial charge in [0.05, 0.1) is 12.3 Å². The summed E-state index contributed by atoms with van der Waals surface area (Å²) in [5.74, 6) is 11.8. The van der Waals surface area contributed by atoms with Crippen LogP contribution in [0.15, 0.2) is 0 Å². The lowest BCUT2D eigenvalue weighted by Gasteiger charge is -2.49. The van der Waals surface area contributed by atoms with E-state index in [2.05, 4.69) is 31.1 Å². The second kappa shape index (κ2) is 21.5. The van der Waals surface area contributed by atoms with Gasteiger partial charge in [0.25, 0.3) is 0 Å². The Bertz CT molecular complexity index is 1480. The number of nitrogens with one attached hydrogen (secondary N) is 4. The molecule has 384 valence electrons. The molecule has 9 aliphatic carbocycles. The van der Waals surface area contributed by atoms with Gasteiger partial charge < -0.3 is 10.6 Å². The Kier molecular flexibility index (Phi) is 15.0. The molecule has 4 aliphatic heterocycles. The van der Waals surface area contributed by atoms with E-state index in [4.69, 9.17) is 0 Å². The minimum Gasteiger partial charge on any atom is -0.302 e. The molecule has 4 N–H and O–H groups in total. The molecule has 13 rings (SSSR count). The molecule has 0 radical (unpaired) electrons. The van der Waals surface area contributed by atoms with Crippen LogP contribution in [0.1, 0.15) is 244 Å². The lowest BCUT2D eigenvalue weighted by Crippen LogP contribution is -2.59. The summed E-state index contributed by atoms with van der Waals surface area (Å²) < 4.78 is 0. The van der Waals surface area contributed by atoms with E-state index in [1.165, 1.54) is 154 Å². The minimum absolute atomic E-state index is 0.603. The fourth-order valence-corrected chi connectivity index (χ4v) is 22.2. The molecule has 0 spiro atoms. The van der Waals surface area contributed by atoms with Crippen LogP contribution in [0.25, 0.3) is 0 Å². The van der Waals surface area contributed by atoms with Crippen molar-refractivity contribution in [2.75, 3.05) is 13.1 Å². The highest BCUT2D eigenvalue weighted by Gasteiger charge is 2.64. The highest BCUT2D eigenvalue weighted by Crippen LogP contribution is 2.62. The molecular weight excluding hydrogens is 829 g/mol. The van der Waals surface area contributed by atoms with E-state index >= 15 is 0 Å². The van der Waals surface area contributed by atoms with E-state index in [1.54, 1.807) is 103 Å². The SMILES string of the molecule is C1CCC(C2NCCC(C3CCC(C4CCCC(N5C6CCCCC6C6C7C8CCCCC8N(C8CCCC(C9CCC(C%10CCNC(C%11CCCCC%11)N%10)CC9)C8)C7CCC65)C4)CC3)N2)CC1. The summed E-state index contributed by atoms with van der Waals surface area (Å²) in [6.45, 7) is 2.51. The maximum atomic E-state index is 4.25. The standard InChI is InChI=1S/C62H106N6/c1-3-13-45(14-4-1)61-63-37-35-53(65-61)43-29-25-41(26-30-43)47-17-11-19-49(39-47)67-55-23-9-7-21-51(55)59-57(67)33-34-58-60(59)52-22-8-10-24-56(52)68(58)50-20-12-18-48(40-50)42-27-31-44(32-28-42)54-36-38-64-62(66-54)46-15-5-2-6-16-46/h41-66H,1-40H2. The first-order valence-electron chi connectivity index (χ1n) is 32.3. The Morgan fingerprint density at radius 1 is 0.265 bits per heavy atom. The van der Waals surface area contributed by atoms with Gasteiger partial charge in [-0.05, 0) is 238 Å². The predicted octanol–water partition coefficient (Wildman–Crippen LogP) is 12.9. The smallest absolute Gasteiger partial charge is 0.0602 e. The quantitative estimate of drug-likeness (QED) is 0.195. The molecule has 6 nitrogen and oxygen atoms in total. The second-order valence-electron chi connectivity index (χ2n) is 28.1. The van der Waals surface area contributed by atoms with Crippen molar-refractivity contribution in [1.29, 1.82) is 0 Å². The third-order valence-corrected chi connectivity index (χ3v) is 25.2. The largest absolute Gasteiger partial charge is 0.302 e. The predicted molar refractivity (Wildman–Crippen MR) is 281 cm³/mol. The third-order valence-electron chi connectivity index (χ3n) is 25.2. The van der Waals surface area contributed by atoms with Crippen LogP contribution in [0, 0.1) is 71.0 Å². The zero-order valence-corrected chi connectivity index (χ0v) is 43.9. The molecule has 6 heteroatoms. The van der Waals surface area contributed by atoms with E-state index in [0.717, 1.165) is 119 Å². The summed E-state index contributed by atoms with van der Waals surface area (Å²) in [7, 11) is 0. The fraction of sp³-hybridized carbons (Fsp3) is 1.00. The summed E-state index contributed by atoms with van der Waals surface area (Å²) in [5, 5.41) is 16.4. The van der Waals surface area contributed by atoms with E-state index in [9.17, 15) is 0 Å². The van der Waals surface area contributed by atoms with Gasteiger partial charge in [0, 0.05) is 48.3 Å². The third kappa shape index (κ3) is 9.46. The van der Waals surface area contributed by atoms with Crippen LogP contribution in [0.4, 0.5) is 0 Å². The van der Waals surface area contributed by atoms with Crippen molar-refractivity contribution in [3.63, 3.8) is 0 Å². The molecule has 9 saturated carbocycles. The van der Waals surface area contributed by atoms with Crippen LogP contribution in [-0.4, -0.2) is 83.6 Å². The Morgan fingerprint density at radius 3 is 1.09 bits per heavy atom. The molecule has 0 aromatic rings. The average molecular weight is 936 g/mol. The summed E-state index contributed by atoms with van der Waals surface area (Å²) in [6.07, 6.45) is 58.7. The van der Waals surface area contributed by atoms with Crippen LogP contribution in [0.2, 0.25) is 0 Å². The molecule has 4 saturated heterocycles. The van der Waals surface area contributed by atoms with Gasteiger partial charge in [0.1, 0.15) is 0 Å². The molecule has 16 atom stereocenters. The van der Waals surface area contributed by atoms with Crippen molar-refractivity contribution in [2.45, 2.75) is 305 Å². The molecule has 0 aromatic heterocycles. The lowest BCUT2D eigenvalue weighted by atomic mass is 9.61. The highest BCUT2D eigenvalue weighted by molar-refractivity contribution is 5.16. The van der Waals surface area contributed by atoms with Crippen molar-refractivity contribution >= 4 is 0 Å². The fourth-order valence-electron chi connectivity index (χ4n) is 22.2. The number of rotatable bonds is 8. The molecule has 0 amide bonds. The van der Waals surface area contributed by atoms with Crippen LogP contribution >= 0.6 is 0 Å². The van der Waals surface area contributed by atoms with Crippen molar-refractivity contribution < 1.29 is 0 Å². The summed E-state index contributed by atoms with van der Waals surface area (Å²) in [4.78, 5) is 6.88. The number of likely N-dealkylation sites (tertiary alicyclic amines) is 2. The molecule has 13 aliphatic rings. The van der Waals surface area contributed by atoms with Crippen LogP contribution < -0.4 is 21.3 Å². The maximum Gasteiger partial charge on any atom is 0.0602 e. The monoisotopic (exact) mass is 935 g/mol. The Morgan fingerprint density at radius 2 is 0.647 bits per heavy atom. The van der Waals surface area contributed by atoms with Crippen LogP contribution in [-0.2, 0) is 0 Å². The number of fused-ring (bicyclic) bond motifs is 7. The van der Waals surface area contributed by atoms with E-state index in [1.807, 2.05) is 0 Å². The molecule has 68 heavy (non-hydrogen) atoms. The van der Waals surface area contributed by atoms with Gasteiger partial charge in [-0.15, -0.1) is 0 Å². The average Bonchev–Trinajstić information content (AvgIpc) is 3.95. The van der Waals surface area contributed by atoms with E-state index in [0.29, 0.717) is 12.3 Å². The molecule has 0 bridgehead atoms. The van der Waals surface area contributed by atoms with Crippen LogP contribution in [0.3, 0.4) is 0 Å². The van der Waals surface area contributed by atoms with Crippen molar-refractivity contribution in [3.05, 3.63) is 0 Å². The summed E-state index contributed by atoms with van der Waals surface area (Å²) >= 11 is 0. The number of nitrogens with zero attached hydrogens (tertiary/aromatic N) is 2. The van der Waals surface area contributed by atoms with Gasteiger partial charge in [-0.1, -0.05) is 89.9 Å². The van der Waals surface area contributed by atoms with Gasteiger partial charge in [-0.3, -0.25) is 20.4 Å². The van der Waals surface area contributed by atoms with Gasteiger partial charge in [0.2, 0.25) is 0 Å². The molecule has 16 unspecified atom stereocenters. The molecule has 0 aromatic carbocycles. The summed E-state index contributed by atoms with van der Waals surface area (Å²) in [6, 6.07) is 7.10. The Balaban J connectivity index is 0.650. The van der Waals surface area contributed by atoms with Gasteiger partial charge in [0.15, 0.2) is 0 Å². The van der Waals surface area contributed by atoms with E-state index in [-0.39, 0.29) is 0 Å². The van der Waals surface area contributed by atoms with Crippen molar-refractivity contribution in [2.24, 2.45) is 71.0 Å². The minimum atomic E-state index is 0.603. The topological polar surface area (TPSA) is 54.6 Å². The van der Waals surface area contributed by atoms with Crippen molar-refractivity contribution in [3.8, 4) is 0 Å². The lowest BCUT2D eigenvalue weighted by molar-refractivity contribution is 0.00121. The number of hydrogen-bond donors (Lipinski definition) is 4. The van der Waals surface area contributed by atoms with Crippen molar-refractivity contribution in [1.82, 2.24) is 31.1 Å². The zero-order valence-electron chi connectivity index (χ0n) is 43.9.